The van der Waals surface area contributed by atoms with Crippen molar-refractivity contribution in [2.45, 2.75) is 32.4 Å². The molecule has 4 heterocycles. The van der Waals surface area contributed by atoms with E-state index < -0.39 is 5.97 Å². The quantitative estimate of drug-likeness (QED) is 0.577. The van der Waals surface area contributed by atoms with E-state index in [1.54, 1.807) is 6.92 Å². The van der Waals surface area contributed by atoms with E-state index in [0.29, 0.717) is 12.2 Å². The molecular formula is C20H23N5O4S. The van der Waals surface area contributed by atoms with Gasteiger partial charge >= 0.3 is 5.97 Å². The first-order valence-corrected chi connectivity index (χ1v) is 10.8. The summed E-state index contributed by atoms with van der Waals surface area (Å²) in [4.78, 5) is 44.1. The number of aromatic amines is 1. The van der Waals surface area contributed by atoms with Crippen LogP contribution in [0.4, 0.5) is 0 Å². The molecule has 3 aromatic heterocycles. The molecule has 0 aromatic carbocycles. The fraction of sp³-hybridized carbons (Fsp3) is 0.400. The number of carbonyl (C=O) groups is 2. The molecule has 1 fully saturated rings. The minimum absolute atomic E-state index is 0.0254. The van der Waals surface area contributed by atoms with Crippen molar-refractivity contribution in [1.29, 1.82) is 0 Å². The van der Waals surface area contributed by atoms with E-state index in [1.165, 1.54) is 28.1 Å². The second kappa shape index (κ2) is 8.80. The summed E-state index contributed by atoms with van der Waals surface area (Å²) in [7, 11) is 0. The smallest absolute Gasteiger partial charge is 0.343 e. The molecule has 0 spiro atoms. The zero-order chi connectivity index (χ0) is 21.1. The van der Waals surface area contributed by atoms with Crippen molar-refractivity contribution in [3.63, 3.8) is 0 Å². The summed E-state index contributed by atoms with van der Waals surface area (Å²) in [5.74, 6) is -0.537. The minimum atomic E-state index is -0.511. The third kappa shape index (κ3) is 4.29. The van der Waals surface area contributed by atoms with Gasteiger partial charge in [-0.15, -0.1) is 11.3 Å². The van der Waals surface area contributed by atoms with Crippen molar-refractivity contribution in [3.8, 4) is 0 Å². The molecule has 0 atom stereocenters. The third-order valence-electron chi connectivity index (χ3n) is 5.10. The Kier molecular flexibility index (Phi) is 5.96. The molecule has 1 aliphatic rings. The van der Waals surface area contributed by atoms with Gasteiger partial charge in [0.1, 0.15) is 5.56 Å². The topological polar surface area (TPSA) is 109 Å². The molecule has 30 heavy (non-hydrogen) atoms. The predicted molar refractivity (Wildman–Crippen MR) is 112 cm³/mol. The summed E-state index contributed by atoms with van der Waals surface area (Å²) in [5.41, 5.74) is 0.842. The fourth-order valence-corrected chi connectivity index (χ4v) is 4.22. The van der Waals surface area contributed by atoms with Crippen molar-refractivity contribution in [2.75, 3.05) is 19.7 Å². The molecule has 0 aliphatic carbocycles. The number of amides is 1. The number of H-pyrrole nitrogens is 1. The molecule has 0 saturated carbocycles. The minimum Gasteiger partial charge on any atom is -0.462 e. The molecule has 0 unspecified atom stereocenters. The number of carbonyl (C=O) groups excluding carboxylic acids is 2. The molecule has 1 aliphatic heterocycles. The third-order valence-corrected chi connectivity index (χ3v) is 5.97. The summed E-state index contributed by atoms with van der Waals surface area (Å²) in [5, 5.41) is 7.73. The van der Waals surface area contributed by atoms with Crippen LogP contribution >= 0.6 is 11.3 Å². The van der Waals surface area contributed by atoms with E-state index in [9.17, 15) is 14.4 Å². The van der Waals surface area contributed by atoms with Gasteiger partial charge in [-0.25, -0.2) is 14.3 Å². The van der Waals surface area contributed by atoms with E-state index in [0.717, 1.165) is 30.8 Å². The molecule has 1 saturated heterocycles. The maximum atomic E-state index is 12.4. The van der Waals surface area contributed by atoms with E-state index in [2.05, 4.69) is 20.3 Å². The first-order chi connectivity index (χ1) is 14.5. The highest BCUT2D eigenvalue weighted by Crippen LogP contribution is 2.16. The van der Waals surface area contributed by atoms with Gasteiger partial charge in [0, 0.05) is 37.9 Å². The van der Waals surface area contributed by atoms with E-state index in [-0.39, 0.29) is 35.3 Å². The van der Waals surface area contributed by atoms with Crippen molar-refractivity contribution < 1.29 is 14.3 Å². The van der Waals surface area contributed by atoms with Gasteiger partial charge in [0.2, 0.25) is 0 Å². The number of piperidine rings is 1. The first-order valence-electron chi connectivity index (χ1n) is 9.89. The zero-order valence-electron chi connectivity index (χ0n) is 16.6. The van der Waals surface area contributed by atoms with Gasteiger partial charge in [-0.3, -0.25) is 19.6 Å². The van der Waals surface area contributed by atoms with Crippen molar-refractivity contribution in [1.82, 2.24) is 24.8 Å². The Balaban J connectivity index is 1.40. The molecule has 1 amide bonds. The number of aromatic nitrogens is 3. The van der Waals surface area contributed by atoms with Crippen LogP contribution in [0.25, 0.3) is 5.65 Å². The number of rotatable bonds is 6. The van der Waals surface area contributed by atoms with Gasteiger partial charge in [0.05, 0.1) is 17.2 Å². The van der Waals surface area contributed by atoms with Gasteiger partial charge in [-0.05, 0) is 31.2 Å². The standard InChI is InChI=1S/C20H23N5O4S/c1-2-29-20(28)15-11-21-25-17(26)10-14(22-18(15)25)12-24-7-5-13(6-8-24)23-19(27)16-4-3-9-30-16/h3-4,9-11,13,21H,2,5-8,12H2,1H3,(H,23,27). The molecule has 3 aromatic rings. The van der Waals surface area contributed by atoms with E-state index in [1.807, 2.05) is 17.5 Å². The molecule has 0 radical (unpaired) electrons. The number of hydrogen-bond acceptors (Lipinski definition) is 7. The van der Waals surface area contributed by atoms with Crippen molar-refractivity contribution in [3.05, 3.63) is 56.3 Å². The molecule has 9 nitrogen and oxygen atoms in total. The number of likely N-dealkylation sites (tertiary alicyclic amines) is 1. The predicted octanol–water partition coefficient (Wildman–Crippen LogP) is 1.66. The molecule has 4 rings (SSSR count). The molecule has 0 bridgehead atoms. The summed E-state index contributed by atoms with van der Waals surface area (Å²) in [6.45, 7) is 4.05. The van der Waals surface area contributed by atoms with Crippen LogP contribution in [-0.4, -0.2) is 57.1 Å². The highest BCUT2D eigenvalue weighted by Gasteiger charge is 2.23. The average molecular weight is 430 g/mol. The zero-order valence-corrected chi connectivity index (χ0v) is 17.4. The maximum absolute atomic E-state index is 12.4. The SMILES string of the molecule is CCOC(=O)c1c[nH]n2c(=O)cc(CN3CCC(NC(=O)c4cccs4)CC3)nc12. The lowest BCUT2D eigenvalue weighted by Gasteiger charge is -2.32. The van der Waals surface area contributed by atoms with Gasteiger partial charge in [-0.1, -0.05) is 6.07 Å². The van der Waals surface area contributed by atoms with Crippen LogP contribution in [0, 0.1) is 0 Å². The molecule has 158 valence electrons. The number of nitrogens with zero attached hydrogens (tertiary/aromatic N) is 3. The van der Waals surface area contributed by atoms with Crippen LogP contribution < -0.4 is 10.9 Å². The second-order valence-corrected chi connectivity index (χ2v) is 8.10. The number of thiophene rings is 1. The summed E-state index contributed by atoms with van der Waals surface area (Å²) >= 11 is 1.43. The lowest BCUT2D eigenvalue weighted by Crippen LogP contribution is -2.44. The van der Waals surface area contributed by atoms with Crippen molar-refractivity contribution in [2.24, 2.45) is 0 Å². The number of ether oxygens (including phenoxy) is 1. The van der Waals surface area contributed by atoms with E-state index >= 15 is 0 Å². The Bertz CT molecular complexity index is 1100. The summed E-state index contributed by atoms with van der Waals surface area (Å²) in [6, 6.07) is 5.30. The lowest BCUT2D eigenvalue weighted by atomic mass is 10.0. The highest BCUT2D eigenvalue weighted by molar-refractivity contribution is 7.12. The Morgan fingerprint density at radius 1 is 1.37 bits per heavy atom. The lowest BCUT2D eigenvalue weighted by molar-refractivity contribution is 0.0528. The number of hydrogen-bond donors (Lipinski definition) is 2. The van der Waals surface area contributed by atoms with Gasteiger partial charge < -0.3 is 10.1 Å². The van der Waals surface area contributed by atoms with Gasteiger partial charge in [0.15, 0.2) is 5.65 Å². The molecule has 10 heteroatoms. The van der Waals surface area contributed by atoms with E-state index in [4.69, 9.17) is 4.74 Å². The van der Waals surface area contributed by atoms with Crippen LogP contribution in [0.5, 0.6) is 0 Å². The van der Waals surface area contributed by atoms with Crippen LogP contribution in [-0.2, 0) is 11.3 Å². The van der Waals surface area contributed by atoms with Crippen LogP contribution in [0.15, 0.2) is 34.6 Å². The monoisotopic (exact) mass is 429 g/mol. The average Bonchev–Trinajstić information content (AvgIpc) is 3.40. The summed E-state index contributed by atoms with van der Waals surface area (Å²) in [6.07, 6.45) is 3.10. The maximum Gasteiger partial charge on any atom is 0.343 e. The van der Waals surface area contributed by atoms with Crippen LogP contribution in [0.3, 0.4) is 0 Å². The molecule has 2 N–H and O–H groups in total. The largest absolute Gasteiger partial charge is 0.462 e. The number of fused-ring (bicyclic) bond motifs is 1. The second-order valence-electron chi connectivity index (χ2n) is 7.15. The van der Waals surface area contributed by atoms with Crippen LogP contribution in [0.1, 0.15) is 45.5 Å². The number of nitrogens with one attached hydrogen (secondary N) is 2. The Labute approximate surface area is 176 Å². The molecular weight excluding hydrogens is 406 g/mol. The normalized spacial score (nSPS) is 15.4. The Morgan fingerprint density at radius 2 is 2.17 bits per heavy atom. The van der Waals surface area contributed by atoms with Crippen molar-refractivity contribution >= 4 is 28.9 Å². The first kappa shape index (κ1) is 20.3. The highest BCUT2D eigenvalue weighted by atomic mass is 32.1. The van der Waals surface area contributed by atoms with Gasteiger partial charge in [-0.2, -0.15) is 0 Å². The Morgan fingerprint density at radius 3 is 2.87 bits per heavy atom. The number of esters is 1. The van der Waals surface area contributed by atoms with Crippen LogP contribution in [0.2, 0.25) is 0 Å². The summed E-state index contributed by atoms with van der Waals surface area (Å²) < 4.78 is 6.27. The Hall–Kier alpha value is -2.98. The van der Waals surface area contributed by atoms with Gasteiger partial charge in [0.25, 0.3) is 11.5 Å². The fourth-order valence-electron chi connectivity index (χ4n) is 3.60.